The highest BCUT2D eigenvalue weighted by Gasteiger charge is 2.33. The van der Waals surface area contributed by atoms with Crippen molar-refractivity contribution >= 4 is 23.5 Å². The number of nitrogens with zero attached hydrogens (tertiary/aromatic N) is 3. The summed E-state index contributed by atoms with van der Waals surface area (Å²) in [5.74, 6) is -0.942. The number of carboxylic acids is 1. The number of rotatable bonds is 12. The molecule has 0 unspecified atom stereocenters. The normalized spacial score (nSPS) is 18.1. The molecule has 10 nitrogen and oxygen atoms in total. The van der Waals surface area contributed by atoms with Crippen LogP contribution in [0.4, 0.5) is 5.69 Å². The summed E-state index contributed by atoms with van der Waals surface area (Å²) < 4.78 is 6.44. The Balaban J connectivity index is 1.80. The van der Waals surface area contributed by atoms with E-state index in [1.165, 1.54) is 0 Å². The summed E-state index contributed by atoms with van der Waals surface area (Å²) in [5.41, 5.74) is 2.08. The van der Waals surface area contributed by atoms with E-state index in [-0.39, 0.29) is 36.0 Å². The summed E-state index contributed by atoms with van der Waals surface area (Å²) in [7, 11) is 5.89. The molecule has 0 bridgehead atoms. The van der Waals surface area contributed by atoms with E-state index in [1.54, 1.807) is 47.4 Å². The molecular weight excluding hydrogens is 512 g/mol. The fourth-order valence-electron chi connectivity index (χ4n) is 4.73. The molecule has 3 atom stereocenters. The molecule has 218 valence electrons. The molecule has 2 amide bonds. The van der Waals surface area contributed by atoms with Crippen LogP contribution in [0.15, 0.2) is 42.5 Å². The lowest BCUT2D eigenvalue weighted by atomic mass is 9.99. The van der Waals surface area contributed by atoms with Gasteiger partial charge < -0.3 is 30.1 Å². The molecule has 1 heterocycles. The van der Waals surface area contributed by atoms with Gasteiger partial charge in [0.2, 0.25) is 5.91 Å². The van der Waals surface area contributed by atoms with Crippen molar-refractivity contribution in [3.63, 3.8) is 0 Å². The van der Waals surface area contributed by atoms with E-state index in [0.29, 0.717) is 43.1 Å². The molecule has 10 heteroatoms. The SMILES string of the molecule is C[C@H]1CN([C@@H](C)CO)C(=O)c2cc(NC(=O)CCCN(C)C)ccc2O[C@H]1CN(C)Cc1ccc(C(=O)O)cc1. The second kappa shape index (κ2) is 14.2. The summed E-state index contributed by atoms with van der Waals surface area (Å²) in [6.07, 6.45) is 0.831. The number of aliphatic hydroxyl groups excluding tert-OH is 1. The van der Waals surface area contributed by atoms with E-state index in [0.717, 1.165) is 18.5 Å². The number of aliphatic hydroxyl groups is 1. The van der Waals surface area contributed by atoms with Crippen LogP contribution in [0.2, 0.25) is 0 Å². The third-order valence-corrected chi connectivity index (χ3v) is 7.10. The number of carbonyl (C=O) groups is 3. The van der Waals surface area contributed by atoms with Crippen LogP contribution in [0.25, 0.3) is 0 Å². The van der Waals surface area contributed by atoms with E-state index in [1.807, 2.05) is 39.9 Å². The van der Waals surface area contributed by atoms with Crippen molar-refractivity contribution in [3.05, 3.63) is 59.2 Å². The Morgan fingerprint density at radius 3 is 2.48 bits per heavy atom. The summed E-state index contributed by atoms with van der Waals surface area (Å²) in [6.45, 7) is 6.01. The van der Waals surface area contributed by atoms with E-state index in [4.69, 9.17) is 9.84 Å². The minimum absolute atomic E-state index is 0.0426. The van der Waals surface area contributed by atoms with Crippen LogP contribution in [0.3, 0.4) is 0 Å². The molecule has 0 fully saturated rings. The van der Waals surface area contributed by atoms with Gasteiger partial charge in [-0.2, -0.15) is 0 Å². The zero-order valence-corrected chi connectivity index (χ0v) is 24.1. The molecule has 2 aromatic rings. The molecule has 3 rings (SSSR count). The predicted molar refractivity (Wildman–Crippen MR) is 154 cm³/mol. The van der Waals surface area contributed by atoms with Crippen LogP contribution in [-0.4, -0.2) is 102 Å². The van der Waals surface area contributed by atoms with Gasteiger partial charge in [-0.3, -0.25) is 14.5 Å². The van der Waals surface area contributed by atoms with Gasteiger partial charge in [0.15, 0.2) is 0 Å². The molecular formula is C30H42N4O6. The van der Waals surface area contributed by atoms with Crippen LogP contribution in [0.1, 0.15) is 53.0 Å². The fraction of sp³-hybridized carbons (Fsp3) is 0.500. The van der Waals surface area contributed by atoms with Gasteiger partial charge in [0.25, 0.3) is 5.91 Å². The number of hydrogen-bond donors (Lipinski definition) is 3. The molecule has 0 saturated carbocycles. The van der Waals surface area contributed by atoms with Crippen molar-refractivity contribution in [2.45, 2.75) is 45.4 Å². The maximum absolute atomic E-state index is 13.6. The molecule has 0 saturated heterocycles. The number of anilines is 1. The van der Waals surface area contributed by atoms with Crippen molar-refractivity contribution in [2.75, 3.05) is 52.7 Å². The molecule has 0 radical (unpaired) electrons. The van der Waals surface area contributed by atoms with Crippen molar-refractivity contribution in [3.8, 4) is 5.75 Å². The third-order valence-electron chi connectivity index (χ3n) is 7.10. The molecule has 0 aromatic heterocycles. The molecule has 2 aromatic carbocycles. The highest BCUT2D eigenvalue weighted by atomic mass is 16.5. The number of benzene rings is 2. The number of likely N-dealkylation sites (N-methyl/N-ethyl adjacent to an activating group) is 1. The molecule has 1 aliphatic rings. The van der Waals surface area contributed by atoms with Crippen LogP contribution in [-0.2, 0) is 11.3 Å². The second-order valence-electron chi connectivity index (χ2n) is 11.0. The largest absolute Gasteiger partial charge is 0.488 e. The first-order valence-electron chi connectivity index (χ1n) is 13.7. The van der Waals surface area contributed by atoms with Crippen molar-refractivity contribution in [1.29, 1.82) is 0 Å². The maximum atomic E-state index is 13.6. The average Bonchev–Trinajstić information content (AvgIpc) is 2.90. The minimum Gasteiger partial charge on any atom is -0.488 e. The number of carboxylic acid groups (broad SMARTS) is 1. The third kappa shape index (κ3) is 8.51. The first-order chi connectivity index (χ1) is 19.0. The van der Waals surface area contributed by atoms with Gasteiger partial charge in [-0.25, -0.2) is 4.79 Å². The Kier molecular flexibility index (Phi) is 11.1. The van der Waals surface area contributed by atoms with Gasteiger partial charge in [0.1, 0.15) is 11.9 Å². The van der Waals surface area contributed by atoms with Crippen molar-refractivity contribution < 1.29 is 29.3 Å². The van der Waals surface area contributed by atoms with Gasteiger partial charge in [0.05, 0.1) is 23.8 Å². The van der Waals surface area contributed by atoms with Gasteiger partial charge >= 0.3 is 5.97 Å². The Morgan fingerprint density at radius 2 is 1.85 bits per heavy atom. The quantitative estimate of drug-likeness (QED) is 0.366. The van der Waals surface area contributed by atoms with E-state index in [2.05, 4.69) is 10.2 Å². The summed E-state index contributed by atoms with van der Waals surface area (Å²) in [4.78, 5) is 43.1. The van der Waals surface area contributed by atoms with Crippen LogP contribution in [0.5, 0.6) is 5.75 Å². The molecule has 1 aliphatic heterocycles. The van der Waals surface area contributed by atoms with E-state index >= 15 is 0 Å². The lowest BCUT2D eigenvalue weighted by molar-refractivity contribution is -0.116. The zero-order valence-electron chi connectivity index (χ0n) is 24.1. The number of fused-ring (bicyclic) bond motifs is 1. The summed E-state index contributed by atoms with van der Waals surface area (Å²) in [6, 6.07) is 11.5. The Morgan fingerprint density at radius 1 is 1.15 bits per heavy atom. The Bertz CT molecular complexity index is 1170. The minimum atomic E-state index is -0.960. The maximum Gasteiger partial charge on any atom is 0.335 e. The molecule has 0 aliphatic carbocycles. The molecule has 0 spiro atoms. The van der Waals surface area contributed by atoms with Gasteiger partial charge in [0, 0.05) is 37.7 Å². The number of carbonyl (C=O) groups excluding carboxylic acids is 2. The highest BCUT2D eigenvalue weighted by Crippen LogP contribution is 2.31. The number of hydrogen-bond acceptors (Lipinski definition) is 7. The number of ether oxygens (including phenoxy) is 1. The number of aromatic carboxylic acids is 1. The van der Waals surface area contributed by atoms with Crippen LogP contribution >= 0.6 is 0 Å². The molecule has 3 N–H and O–H groups in total. The number of amides is 2. The number of nitrogens with one attached hydrogen (secondary N) is 1. The first-order valence-corrected chi connectivity index (χ1v) is 13.7. The topological polar surface area (TPSA) is 123 Å². The monoisotopic (exact) mass is 554 g/mol. The smallest absolute Gasteiger partial charge is 0.335 e. The van der Waals surface area contributed by atoms with Gasteiger partial charge in [-0.15, -0.1) is 0 Å². The zero-order chi connectivity index (χ0) is 29.4. The Labute approximate surface area is 236 Å². The average molecular weight is 555 g/mol. The molecule has 40 heavy (non-hydrogen) atoms. The van der Waals surface area contributed by atoms with E-state index < -0.39 is 12.0 Å². The van der Waals surface area contributed by atoms with Gasteiger partial charge in [-0.05, 0) is 76.9 Å². The van der Waals surface area contributed by atoms with E-state index in [9.17, 15) is 19.5 Å². The van der Waals surface area contributed by atoms with Crippen molar-refractivity contribution in [1.82, 2.24) is 14.7 Å². The Hall–Kier alpha value is -3.47. The fourth-order valence-corrected chi connectivity index (χ4v) is 4.73. The standard InChI is InChI=1S/C30H42N4O6/c1-20-16-34(21(2)19-35)29(37)25-15-24(31-28(36)7-6-14-32(3)4)12-13-26(25)40-27(20)18-33(5)17-22-8-10-23(11-9-22)30(38)39/h8-13,15,20-21,27,35H,6-7,14,16-19H2,1-5H3,(H,31,36)(H,38,39)/t20-,21-,27-/m0/s1. The highest BCUT2D eigenvalue weighted by molar-refractivity contribution is 6.00. The van der Waals surface area contributed by atoms with Crippen molar-refractivity contribution in [2.24, 2.45) is 5.92 Å². The van der Waals surface area contributed by atoms with Crippen LogP contribution in [0, 0.1) is 5.92 Å². The lowest BCUT2D eigenvalue weighted by Gasteiger charge is -2.38. The summed E-state index contributed by atoms with van der Waals surface area (Å²) in [5, 5.41) is 21.9. The first kappa shape index (κ1) is 31.1. The van der Waals surface area contributed by atoms with Crippen LogP contribution < -0.4 is 10.1 Å². The summed E-state index contributed by atoms with van der Waals surface area (Å²) >= 11 is 0. The predicted octanol–water partition coefficient (Wildman–Crippen LogP) is 3.02. The second-order valence-corrected chi connectivity index (χ2v) is 11.0. The lowest BCUT2D eigenvalue weighted by Crippen LogP contribution is -2.49. The van der Waals surface area contributed by atoms with Gasteiger partial charge in [-0.1, -0.05) is 19.1 Å².